The van der Waals surface area contributed by atoms with Crippen LogP contribution in [0.2, 0.25) is 0 Å². The van der Waals surface area contributed by atoms with Gasteiger partial charge in [-0.2, -0.15) is 0 Å². The molecule has 0 saturated carbocycles. The summed E-state index contributed by atoms with van der Waals surface area (Å²) in [7, 11) is 3.13. The number of hydrogen-bond donors (Lipinski definition) is 3. The molecule has 9 heteroatoms. The number of amides is 4. The van der Waals surface area contributed by atoms with Gasteiger partial charge in [-0.05, 0) is 36.6 Å². The highest BCUT2D eigenvalue weighted by molar-refractivity contribution is 5.91. The van der Waals surface area contributed by atoms with Gasteiger partial charge in [0.05, 0.1) is 19.9 Å². The third-order valence-corrected chi connectivity index (χ3v) is 5.79. The molecule has 1 heterocycles. The van der Waals surface area contributed by atoms with Gasteiger partial charge in [-0.25, -0.2) is 4.79 Å². The average Bonchev–Trinajstić information content (AvgIpc) is 2.84. The Morgan fingerprint density at radius 3 is 2.24 bits per heavy atom. The Bertz CT molecular complexity index is 1000. The number of piperidine rings is 1. The Hall–Kier alpha value is -3.75. The van der Waals surface area contributed by atoms with Gasteiger partial charge in [0.25, 0.3) is 0 Å². The number of para-hydroxylation sites is 3. The van der Waals surface area contributed by atoms with Crippen LogP contribution in [0.15, 0.2) is 48.5 Å². The van der Waals surface area contributed by atoms with Gasteiger partial charge in [0, 0.05) is 32.5 Å². The third-order valence-electron chi connectivity index (χ3n) is 5.79. The van der Waals surface area contributed by atoms with E-state index < -0.39 is 6.04 Å². The van der Waals surface area contributed by atoms with Gasteiger partial charge in [-0.3, -0.25) is 9.59 Å². The number of carbonyl (C=O) groups excluding carboxylic acids is 3. The van der Waals surface area contributed by atoms with Crippen molar-refractivity contribution in [3.05, 3.63) is 54.1 Å². The minimum Gasteiger partial charge on any atom is -0.496 e. The number of rotatable bonds is 8. The van der Waals surface area contributed by atoms with E-state index in [0.29, 0.717) is 49.5 Å². The first-order chi connectivity index (χ1) is 16.4. The molecule has 0 radical (unpaired) electrons. The molecule has 1 aliphatic rings. The molecule has 2 aromatic rings. The highest BCUT2D eigenvalue weighted by Gasteiger charge is 2.28. The predicted octanol–water partition coefficient (Wildman–Crippen LogP) is 2.56. The minimum atomic E-state index is -0.722. The first-order valence-electron chi connectivity index (χ1n) is 11.3. The molecule has 3 rings (SSSR count). The summed E-state index contributed by atoms with van der Waals surface area (Å²) in [5.74, 6) is 0.730. The van der Waals surface area contributed by atoms with Crippen molar-refractivity contribution in [2.75, 3.05) is 32.6 Å². The highest BCUT2D eigenvalue weighted by Crippen LogP contribution is 2.24. The Morgan fingerprint density at radius 2 is 1.59 bits per heavy atom. The van der Waals surface area contributed by atoms with Crippen molar-refractivity contribution < 1.29 is 23.9 Å². The lowest BCUT2D eigenvalue weighted by Crippen LogP contribution is -2.53. The fourth-order valence-corrected chi connectivity index (χ4v) is 4.02. The summed E-state index contributed by atoms with van der Waals surface area (Å²) in [6, 6.07) is 13.6. The van der Waals surface area contributed by atoms with Crippen LogP contribution in [-0.4, -0.2) is 62.1 Å². The molecular formula is C25H32N4O5. The zero-order valence-corrected chi connectivity index (χ0v) is 19.8. The molecule has 0 aliphatic carbocycles. The van der Waals surface area contributed by atoms with Crippen LogP contribution < -0.4 is 25.4 Å². The lowest BCUT2D eigenvalue weighted by atomic mass is 10.0. The Labute approximate surface area is 199 Å². The third kappa shape index (κ3) is 6.63. The van der Waals surface area contributed by atoms with Gasteiger partial charge >= 0.3 is 6.03 Å². The molecule has 3 N–H and O–H groups in total. The van der Waals surface area contributed by atoms with E-state index in [2.05, 4.69) is 16.0 Å². The van der Waals surface area contributed by atoms with Crippen molar-refractivity contribution in [3.63, 3.8) is 0 Å². The van der Waals surface area contributed by atoms with Gasteiger partial charge in [-0.1, -0.05) is 30.3 Å². The number of carbonyl (C=O) groups is 3. The monoisotopic (exact) mass is 468 g/mol. The van der Waals surface area contributed by atoms with Crippen LogP contribution in [0, 0.1) is 0 Å². The van der Waals surface area contributed by atoms with Crippen molar-refractivity contribution in [2.45, 2.75) is 38.3 Å². The maximum absolute atomic E-state index is 13.0. The van der Waals surface area contributed by atoms with Crippen molar-refractivity contribution in [3.8, 4) is 11.5 Å². The summed E-state index contributed by atoms with van der Waals surface area (Å²) in [4.78, 5) is 39.1. The highest BCUT2D eigenvalue weighted by atomic mass is 16.5. The number of benzene rings is 2. The molecule has 1 aliphatic heterocycles. The lowest BCUT2D eigenvalue weighted by molar-refractivity contribution is -0.128. The molecule has 9 nitrogen and oxygen atoms in total. The Morgan fingerprint density at radius 1 is 0.971 bits per heavy atom. The quantitative estimate of drug-likeness (QED) is 0.552. The van der Waals surface area contributed by atoms with E-state index >= 15 is 0 Å². The number of nitrogens with zero attached hydrogens (tertiary/aromatic N) is 1. The standard InChI is InChI=1S/C25H32N4O5/c1-17(30)26-21(16-18-8-4-6-10-22(18)33-2)24(31)27-19-12-14-29(15-13-19)25(32)28-20-9-5-7-11-23(20)34-3/h4-11,19,21H,12-16H2,1-3H3,(H,26,30)(H,27,31)(H,28,32)/t21-/m1/s1. The van der Waals surface area contributed by atoms with E-state index in [9.17, 15) is 14.4 Å². The zero-order valence-electron chi connectivity index (χ0n) is 19.8. The van der Waals surface area contributed by atoms with Crippen LogP contribution in [0.4, 0.5) is 10.5 Å². The topological polar surface area (TPSA) is 109 Å². The molecule has 0 aromatic heterocycles. The van der Waals surface area contributed by atoms with E-state index in [-0.39, 0.29) is 23.9 Å². The molecule has 4 amide bonds. The van der Waals surface area contributed by atoms with E-state index in [1.165, 1.54) is 6.92 Å². The number of urea groups is 1. The second kappa shape index (κ2) is 11.9. The number of ether oxygens (including phenoxy) is 2. The molecular weight excluding hydrogens is 436 g/mol. The van der Waals surface area contributed by atoms with Crippen molar-refractivity contribution in [2.24, 2.45) is 0 Å². The summed E-state index contributed by atoms with van der Waals surface area (Å²) < 4.78 is 10.7. The van der Waals surface area contributed by atoms with Crippen LogP contribution in [0.5, 0.6) is 11.5 Å². The van der Waals surface area contributed by atoms with Gasteiger partial charge in [-0.15, -0.1) is 0 Å². The zero-order chi connectivity index (χ0) is 24.5. The van der Waals surface area contributed by atoms with Crippen molar-refractivity contribution in [1.82, 2.24) is 15.5 Å². The summed E-state index contributed by atoms with van der Waals surface area (Å²) in [5, 5.41) is 8.66. The van der Waals surface area contributed by atoms with Crippen LogP contribution in [0.1, 0.15) is 25.3 Å². The molecule has 0 bridgehead atoms. The summed E-state index contributed by atoms with van der Waals surface area (Å²) >= 11 is 0. The summed E-state index contributed by atoms with van der Waals surface area (Å²) in [6.07, 6.45) is 1.55. The normalized spacial score (nSPS) is 14.6. The second-order valence-electron chi connectivity index (χ2n) is 8.17. The van der Waals surface area contributed by atoms with Crippen molar-refractivity contribution in [1.29, 1.82) is 0 Å². The predicted molar refractivity (Wildman–Crippen MR) is 129 cm³/mol. The molecule has 0 spiro atoms. The number of likely N-dealkylation sites (tertiary alicyclic amines) is 1. The first kappa shape index (κ1) is 24.9. The maximum atomic E-state index is 13.0. The molecule has 1 saturated heterocycles. The van der Waals surface area contributed by atoms with E-state index in [0.717, 1.165) is 5.56 Å². The van der Waals surface area contributed by atoms with E-state index in [4.69, 9.17) is 9.47 Å². The van der Waals surface area contributed by atoms with E-state index in [1.54, 1.807) is 31.3 Å². The van der Waals surface area contributed by atoms with Gasteiger partial charge in [0.2, 0.25) is 11.8 Å². The average molecular weight is 469 g/mol. The van der Waals surface area contributed by atoms with Crippen LogP contribution in [-0.2, 0) is 16.0 Å². The van der Waals surface area contributed by atoms with Gasteiger partial charge < -0.3 is 30.3 Å². The second-order valence-corrected chi connectivity index (χ2v) is 8.17. The van der Waals surface area contributed by atoms with Crippen LogP contribution in [0.25, 0.3) is 0 Å². The van der Waals surface area contributed by atoms with Crippen LogP contribution >= 0.6 is 0 Å². The van der Waals surface area contributed by atoms with E-state index in [1.807, 2.05) is 36.4 Å². The molecule has 182 valence electrons. The largest absolute Gasteiger partial charge is 0.496 e. The number of methoxy groups -OCH3 is 2. The number of hydrogen-bond acceptors (Lipinski definition) is 5. The summed E-state index contributed by atoms with van der Waals surface area (Å²) in [6.45, 7) is 2.40. The molecule has 2 aromatic carbocycles. The minimum absolute atomic E-state index is 0.0864. The maximum Gasteiger partial charge on any atom is 0.321 e. The van der Waals surface area contributed by atoms with Crippen molar-refractivity contribution >= 4 is 23.5 Å². The molecule has 34 heavy (non-hydrogen) atoms. The fourth-order valence-electron chi connectivity index (χ4n) is 4.02. The summed E-state index contributed by atoms with van der Waals surface area (Å²) in [5.41, 5.74) is 1.45. The Balaban J connectivity index is 1.55. The van der Waals surface area contributed by atoms with Gasteiger partial charge in [0.1, 0.15) is 17.5 Å². The SMILES string of the molecule is COc1ccccc1C[C@@H](NC(C)=O)C(=O)NC1CCN(C(=O)Nc2ccccc2OC)CC1. The number of nitrogens with one attached hydrogen (secondary N) is 3. The molecule has 1 atom stereocenters. The smallest absolute Gasteiger partial charge is 0.321 e. The van der Waals surface area contributed by atoms with Crippen LogP contribution in [0.3, 0.4) is 0 Å². The Kier molecular flexibility index (Phi) is 8.73. The first-order valence-corrected chi connectivity index (χ1v) is 11.3. The lowest BCUT2D eigenvalue weighted by Gasteiger charge is -2.33. The van der Waals surface area contributed by atoms with Gasteiger partial charge in [0.15, 0.2) is 0 Å². The number of anilines is 1. The molecule has 1 fully saturated rings. The fraction of sp³-hybridized carbons (Fsp3) is 0.400. The molecule has 0 unspecified atom stereocenters.